The molecule has 2 aliphatic rings. The predicted octanol–water partition coefficient (Wildman–Crippen LogP) is 4.45. The molecule has 1 spiro atoms. The van der Waals surface area contributed by atoms with Gasteiger partial charge in [-0.15, -0.1) is 0 Å². The van der Waals surface area contributed by atoms with Gasteiger partial charge < -0.3 is 15.0 Å². The number of nitrogens with zero attached hydrogens (tertiary/aromatic N) is 3. The topological polar surface area (TPSA) is 67.4 Å². The molecule has 2 saturated heterocycles. The highest BCUT2D eigenvalue weighted by Gasteiger charge is 2.41. The van der Waals surface area contributed by atoms with E-state index in [-0.39, 0.29) is 22.8 Å². The van der Waals surface area contributed by atoms with E-state index in [9.17, 15) is 22.4 Å². The van der Waals surface area contributed by atoms with E-state index in [0.29, 0.717) is 37.9 Å². The van der Waals surface area contributed by atoms with E-state index in [2.05, 4.69) is 15.3 Å². The van der Waals surface area contributed by atoms with Gasteiger partial charge in [0.15, 0.2) is 0 Å². The lowest BCUT2D eigenvalue weighted by Crippen LogP contribution is -2.35. The molecule has 0 bridgehead atoms. The number of amides is 1. The second kappa shape index (κ2) is 8.65. The number of nitrogens with one attached hydrogen (secondary N) is 1. The van der Waals surface area contributed by atoms with Gasteiger partial charge in [0.25, 0.3) is 5.91 Å². The predicted molar refractivity (Wildman–Crippen MR) is 108 cm³/mol. The number of hydrogen-bond acceptors (Lipinski definition) is 5. The van der Waals surface area contributed by atoms with E-state index >= 15 is 0 Å². The normalized spacial score (nSPS) is 19.2. The van der Waals surface area contributed by atoms with Crippen LogP contribution in [0.25, 0.3) is 0 Å². The molecule has 4 rings (SSSR count). The molecule has 6 nitrogen and oxygen atoms in total. The van der Waals surface area contributed by atoms with Gasteiger partial charge in [-0.25, -0.2) is 14.4 Å². The number of carbonyl (C=O) groups excluding carboxylic acids is 1. The summed E-state index contributed by atoms with van der Waals surface area (Å²) in [6.07, 6.45) is 0.874. The van der Waals surface area contributed by atoms with Crippen LogP contribution in [0.1, 0.15) is 53.7 Å². The van der Waals surface area contributed by atoms with Crippen LogP contribution >= 0.6 is 0 Å². The van der Waals surface area contributed by atoms with Gasteiger partial charge in [0.05, 0.1) is 17.2 Å². The molecule has 2 aliphatic heterocycles. The van der Waals surface area contributed by atoms with Crippen LogP contribution in [-0.4, -0.2) is 47.1 Å². The Morgan fingerprint density at radius 3 is 2.53 bits per heavy atom. The van der Waals surface area contributed by atoms with Crippen molar-refractivity contribution in [2.45, 2.75) is 38.4 Å². The summed E-state index contributed by atoms with van der Waals surface area (Å²) in [5.74, 6) is -1.04. The van der Waals surface area contributed by atoms with Crippen molar-refractivity contribution in [3.8, 4) is 0 Å². The molecule has 2 aromatic rings. The number of aromatic nitrogens is 2. The second-order valence-corrected chi connectivity index (χ2v) is 8.48. The van der Waals surface area contributed by atoms with Crippen molar-refractivity contribution in [1.29, 1.82) is 0 Å². The van der Waals surface area contributed by atoms with Crippen LogP contribution < -0.4 is 5.32 Å². The SMILES string of the molecule is CC(Nc1ncc(C(=O)N2CCC3(CCOCC3)C2)cn1)c1ccc(F)cc1C(F)(F)F. The molecule has 1 amide bonds. The summed E-state index contributed by atoms with van der Waals surface area (Å²) in [6, 6.07) is 1.71. The minimum Gasteiger partial charge on any atom is -0.381 e. The molecule has 0 saturated carbocycles. The Morgan fingerprint density at radius 2 is 1.88 bits per heavy atom. The lowest BCUT2D eigenvalue weighted by Gasteiger charge is -2.33. The minimum absolute atomic E-state index is 0.0776. The van der Waals surface area contributed by atoms with Gasteiger partial charge in [0, 0.05) is 38.7 Å². The zero-order valence-corrected chi connectivity index (χ0v) is 17.6. The number of rotatable bonds is 4. The van der Waals surface area contributed by atoms with Crippen molar-refractivity contribution in [3.63, 3.8) is 0 Å². The maximum absolute atomic E-state index is 13.3. The summed E-state index contributed by atoms with van der Waals surface area (Å²) >= 11 is 0. The number of anilines is 1. The molecule has 1 atom stereocenters. The van der Waals surface area contributed by atoms with Crippen LogP contribution in [0.15, 0.2) is 30.6 Å². The summed E-state index contributed by atoms with van der Waals surface area (Å²) in [5, 5.41) is 2.79. The molecule has 1 aromatic carbocycles. The van der Waals surface area contributed by atoms with Gasteiger partial charge in [0.1, 0.15) is 5.82 Å². The quantitative estimate of drug-likeness (QED) is 0.695. The molecule has 3 heterocycles. The lowest BCUT2D eigenvalue weighted by molar-refractivity contribution is -0.138. The third kappa shape index (κ3) is 4.69. The summed E-state index contributed by atoms with van der Waals surface area (Å²) in [4.78, 5) is 22.9. The number of halogens is 4. The Bertz CT molecular complexity index is 975. The van der Waals surface area contributed by atoms with Gasteiger partial charge in [-0.1, -0.05) is 6.07 Å². The Labute approximate surface area is 183 Å². The van der Waals surface area contributed by atoms with Crippen molar-refractivity contribution in [2.75, 3.05) is 31.6 Å². The fraction of sp³-hybridized carbons (Fsp3) is 0.500. The number of hydrogen-bond donors (Lipinski definition) is 1. The molecular weight excluding hydrogens is 428 g/mol. The molecule has 1 N–H and O–H groups in total. The third-order valence-corrected chi connectivity index (χ3v) is 6.31. The average molecular weight is 452 g/mol. The third-order valence-electron chi connectivity index (χ3n) is 6.31. The first-order chi connectivity index (χ1) is 15.2. The van der Waals surface area contributed by atoms with Crippen molar-refractivity contribution < 1.29 is 27.1 Å². The van der Waals surface area contributed by atoms with Gasteiger partial charge >= 0.3 is 6.18 Å². The Morgan fingerprint density at radius 1 is 1.19 bits per heavy atom. The molecule has 0 aliphatic carbocycles. The average Bonchev–Trinajstić information content (AvgIpc) is 3.16. The standard InChI is InChI=1S/C22H24F4N4O2/c1-14(17-3-2-16(23)10-18(17)22(24,25)26)29-20-27-11-15(12-28-20)19(31)30-7-4-21(13-30)5-8-32-9-6-21/h2-3,10-12,14H,4-9,13H2,1H3,(H,27,28,29). The Balaban J connectivity index is 1.43. The fourth-order valence-corrected chi connectivity index (χ4v) is 4.44. The first kappa shape index (κ1) is 22.4. The van der Waals surface area contributed by atoms with Crippen LogP contribution in [0.4, 0.5) is 23.5 Å². The highest BCUT2D eigenvalue weighted by Crippen LogP contribution is 2.40. The summed E-state index contributed by atoms with van der Waals surface area (Å²) < 4.78 is 58.6. The van der Waals surface area contributed by atoms with Crippen molar-refractivity contribution >= 4 is 11.9 Å². The van der Waals surface area contributed by atoms with Crippen molar-refractivity contribution in [3.05, 3.63) is 53.1 Å². The zero-order chi connectivity index (χ0) is 22.9. The molecule has 2 fully saturated rings. The lowest BCUT2D eigenvalue weighted by atomic mass is 9.80. The van der Waals surface area contributed by atoms with Crippen LogP contribution in [0.3, 0.4) is 0 Å². The van der Waals surface area contributed by atoms with Crippen LogP contribution in [-0.2, 0) is 10.9 Å². The second-order valence-electron chi connectivity index (χ2n) is 8.48. The number of likely N-dealkylation sites (tertiary alicyclic amines) is 1. The molecule has 32 heavy (non-hydrogen) atoms. The van der Waals surface area contributed by atoms with Crippen LogP contribution in [0.2, 0.25) is 0 Å². The number of ether oxygens (including phenoxy) is 1. The number of benzene rings is 1. The first-order valence-electron chi connectivity index (χ1n) is 10.5. The van der Waals surface area contributed by atoms with Crippen molar-refractivity contribution in [1.82, 2.24) is 14.9 Å². The van der Waals surface area contributed by atoms with E-state index in [1.807, 2.05) is 0 Å². The highest BCUT2D eigenvalue weighted by molar-refractivity contribution is 5.94. The van der Waals surface area contributed by atoms with E-state index in [1.54, 1.807) is 4.90 Å². The van der Waals surface area contributed by atoms with Crippen LogP contribution in [0.5, 0.6) is 0 Å². The number of carbonyl (C=O) groups is 1. The van der Waals surface area contributed by atoms with Gasteiger partial charge in [-0.3, -0.25) is 4.79 Å². The summed E-state index contributed by atoms with van der Waals surface area (Å²) in [6.45, 7) is 4.28. The zero-order valence-electron chi connectivity index (χ0n) is 17.6. The van der Waals surface area contributed by atoms with Gasteiger partial charge in [-0.05, 0) is 49.3 Å². The highest BCUT2D eigenvalue weighted by atomic mass is 19.4. The maximum atomic E-state index is 13.3. The van der Waals surface area contributed by atoms with Gasteiger partial charge in [-0.2, -0.15) is 13.2 Å². The fourth-order valence-electron chi connectivity index (χ4n) is 4.44. The molecule has 0 radical (unpaired) electrons. The summed E-state index contributed by atoms with van der Waals surface area (Å²) in [5.41, 5.74) is -0.733. The maximum Gasteiger partial charge on any atom is 0.416 e. The van der Waals surface area contributed by atoms with Gasteiger partial charge in [0.2, 0.25) is 5.95 Å². The van der Waals surface area contributed by atoms with Crippen molar-refractivity contribution in [2.24, 2.45) is 5.41 Å². The monoisotopic (exact) mass is 452 g/mol. The molecule has 10 heteroatoms. The summed E-state index contributed by atoms with van der Waals surface area (Å²) in [7, 11) is 0. The number of alkyl halides is 3. The largest absolute Gasteiger partial charge is 0.416 e. The Kier molecular flexibility index (Phi) is 6.07. The molecule has 172 valence electrons. The Hall–Kier alpha value is -2.75. The molecule has 1 unspecified atom stereocenters. The van der Waals surface area contributed by atoms with E-state index in [0.717, 1.165) is 31.4 Å². The smallest absolute Gasteiger partial charge is 0.381 e. The molecular formula is C22H24F4N4O2. The minimum atomic E-state index is -4.69. The first-order valence-corrected chi connectivity index (χ1v) is 10.5. The van der Waals surface area contributed by atoms with Crippen LogP contribution in [0, 0.1) is 11.2 Å². The molecule has 1 aromatic heterocycles. The van der Waals surface area contributed by atoms with E-state index in [4.69, 9.17) is 4.74 Å². The van der Waals surface area contributed by atoms with E-state index in [1.165, 1.54) is 19.3 Å². The van der Waals surface area contributed by atoms with E-state index < -0.39 is 23.6 Å².